The van der Waals surface area contributed by atoms with Gasteiger partial charge < -0.3 is 19.7 Å². The first kappa shape index (κ1) is 18.2. The van der Waals surface area contributed by atoms with Gasteiger partial charge in [0, 0.05) is 6.54 Å². The number of alkyl carbamates (subject to hydrolysis) is 1. The molecule has 20 heavy (non-hydrogen) atoms. The highest BCUT2D eigenvalue weighted by molar-refractivity contribution is 5.85. The molecule has 0 rings (SSSR count). The quantitative estimate of drug-likeness (QED) is 0.735. The van der Waals surface area contributed by atoms with Crippen LogP contribution in [0.4, 0.5) is 4.79 Å². The number of hydrogen-bond donors (Lipinski definition) is 1. The van der Waals surface area contributed by atoms with Crippen molar-refractivity contribution < 1.29 is 23.9 Å². The second-order valence-corrected chi connectivity index (χ2v) is 5.25. The van der Waals surface area contributed by atoms with Crippen molar-refractivity contribution in [1.82, 2.24) is 10.2 Å². The van der Waals surface area contributed by atoms with Gasteiger partial charge in [-0.1, -0.05) is 6.92 Å². The molecule has 0 saturated heterocycles. The maximum atomic E-state index is 11.9. The SMILES string of the molecule is CCCN(CC(=O)OC)C(=O)CNC(=O)OC(C)(C)C. The molecule has 0 aromatic heterocycles. The maximum absolute atomic E-state index is 11.9. The highest BCUT2D eigenvalue weighted by Crippen LogP contribution is 2.06. The van der Waals surface area contributed by atoms with E-state index in [-0.39, 0.29) is 19.0 Å². The number of carbonyl (C=O) groups is 3. The number of esters is 1. The van der Waals surface area contributed by atoms with Crippen molar-refractivity contribution in [3.63, 3.8) is 0 Å². The van der Waals surface area contributed by atoms with Crippen LogP contribution in [0.3, 0.4) is 0 Å². The van der Waals surface area contributed by atoms with E-state index in [2.05, 4.69) is 10.1 Å². The van der Waals surface area contributed by atoms with Gasteiger partial charge in [-0.25, -0.2) is 4.79 Å². The molecule has 0 aliphatic carbocycles. The first-order chi connectivity index (χ1) is 9.19. The molecule has 0 heterocycles. The number of amides is 2. The molecule has 7 heteroatoms. The first-order valence-electron chi connectivity index (χ1n) is 6.51. The minimum Gasteiger partial charge on any atom is -0.468 e. The molecule has 116 valence electrons. The molecule has 0 bridgehead atoms. The molecule has 0 saturated carbocycles. The lowest BCUT2D eigenvalue weighted by Crippen LogP contribution is -2.44. The van der Waals surface area contributed by atoms with Crippen LogP contribution in [0, 0.1) is 0 Å². The molecule has 0 atom stereocenters. The van der Waals surface area contributed by atoms with Crippen LogP contribution < -0.4 is 5.32 Å². The predicted molar refractivity (Wildman–Crippen MR) is 73.1 cm³/mol. The average Bonchev–Trinajstić information content (AvgIpc) is 2.33. The van der Waals surface area contributed by atoms with Crippen molar-refractivity contribution >= 4 is 18.0 Å². The van der Waals surface area contributed by atoms with Crippen molar-refractivity contribution in [2.24, 2.45) is 0 Å². The fourth-order valence-corrected chi connectivity index (χ4v) is 1.36. The van der Waals surface area contributed by atoms with Crippen LogP contribution in [0.5, 0.6) is 0 Å². The van der Waals surface area contributed by atoms with E-state index in [0.717, 1.165) is 0 Å². The van der Waals surface area contributed by atoms with Crippen LogP contribution in [-0.2, 0) is 19.1 Å². The molecular weight excluding hydrogens is 264 g/mol. The van der Waals surface area contributed by atoms with Crippen LogP contribution in [0.15, 0.2) is 0 Å². The molecule has 7 nitrogen and oxygen atoms in total. The van der Waals surface area contributed by atoms with E-state index in [4.69, 9.17) is 4.74 Å². The number of rotatable bonds is 6. The summed E-state index contributed by atoms with van der Waals surface area (Å²) in [6.07, 6.45) is 0.0372. The molecule has 0 radical (unpaired) electrons. The minimum atomic E-state index is -0.666. The largest absolute Gasteiger partial charge is 0.468 e. The Hall–Kier alpha value is -1.79. The second kappa shape index (κ2) is 8.39. The highest BCUT2D eigenvalue weighted by Gasteiger charge is 2.20. The third kappa shape index (κ3) is 8.34. The van der Waals surface area contributed by atoms with Crippen molar-refractivity contribution in [2.45, 2.75) is 39.7 Å². The van der Waals surface area contributed by atoms with Crippen LogP contribution in [0.2, 0.25) is 0 Å². The fraction of sp³-hybridized carbons (Fsp3) is 0.769. The van der Waals surface area contributed by atoms with Crippen LogP contribution in [-0.4, -0.2) is 55.2 Å². The molecule has 1 N–H and O–H groups in total. The van der Waals surface area contributed by atoms with Crippen LogP contribution in [0.25, 0.3) is 0 Å². The Kier molecular flexibility index (Phi) is 7.64. The molecule has 0 aliphatic rings. The summed E-state index contributed by atoms with van der Waals surface area (Å²) in [5.74, 6) is -0.854. The molecule has 0 spiro atoms. The third-order valence-corrected chi connectivity index (χ3v) is 2.18. The van der Waals surface area contributed by atoms with Gasteiger partial charge in [-0.05, 0) is 27.2 Å². The Bertz CT molecular complexity index is 349. The number of methoxy groups -OCH3 is 1. The third-order valence-electron chi connectivity index (χ3n) is 2.18. The molecule has 0 fully saturated rings. The van der Waals surface area contributed by atoms with Crippen molar-refractivity contribution in [2.75, 3.05) is 26.7 Å². The molecule has 2 amide bonds. The van der Waals surface area contributed by atoms with E-state index in [1.54, 1.807) is 20.8 Å². The number of carbonyl (C=O) groups excluding carboxylic acids is 3. The monoisotopic (exact) mass is 288 g/mol. The smallest absolute Gasteiger partial charge is 0.408 e. The zero-order valence-electron chi connectivity index (χ0n) is 12.8. The predicted octanol–water partition coefficient (Wildman–Crippen LogP) is 0.923. The van der Waals surface area contributed by atoms with Crippen molar-refractivity contribution in [1.29, 1.82) is 0 Å². The molecular formula is C13H24N2O5. The molecule has 0 aliphatic heterocycles. The Balaban J connectivity index is 4.32. The van der Waals surface area contributed by atoms with E-state index in [9.17, 15) is 14.4 Å². The van der Waals surface area contributed by atoms with Gasteiger partial charge in [-0.15, -0.1) is 0 Å². The highest BCUT2D eigenvalue weighted by atomic mass is 16.6. The second-order valence-electron chi connectivity index (χ2n) is 5.25. The molecule has 0 unspecified atom stereocenters. The number of ether oxygens (including phenoxy) is 2. The molecule has 0 aromatic carbocycles. The summed E-state index contributed by atoms with van der Waals surface area (Å²) in [6.45, 7) is 7.16. The lowest BCUT2D eigenvalue weighted by atomic mass is 10.2. The van der Waals surface area contributed by atoms with Crippen LogP contribution >= 0.6 is 0 Å². The minimum absolute atomic E-state index is 0.126. The zero-order valence-corrected chi connectivity index (χ0v) is 12.8. The summed E-state index contributed by atoms with van der Waals surface area (Å²) in [5, 5.41) is 2.36. The first-order valence-corrected chi connectivity index (χ1v) is 6.51. The lowest BCUT2D eigenvalue weighted by Gasteiger charge is -2.22. The summed E-state index contributed by atoms with van der Waals surface area (Å²) in [5.41, 5.74) is -0.623. The van der Waals surface area contributed by atoms with Gasteiger partial charge in [0.05, 0.1) is 7.11 Å². The number of hydrogen-bond acceptors (Lipinski definition) is 5. The van der Waals surface area contributed by atoms with Gasteiger partial charge in [0.15, 0.2) is 0 Å². The number of nitrogens with one attached hydrogen (secondary N) is 1. The summed E-state index contributed by atoms with van der Waals surface area (Å²) >= 11 is 0. The summed E-state index contributed by atoms with van der Waals surface area (Å²) in [6, 6.07) is 0. The van der Waals surface area contributed by atoms with Gasteiger partial charge in [0.1, 0.15) is 18.7 Å². The maximum Gasteiger partial charge on any atom is 0.408 e. The van der Waals surface area contributed by atoms with Gasteiger partial charge in [0.2, 0.25) is 5.91 Å². The normalized spacial score (nSPS) is 10.7. The van der Waals surface area contributed by atoms with Gasteiger partial charge in [0.25, 0.3) is 0 Å². The average molecular weight is 288 g/mol. The van der Waals surface area contributed by atoms with Gasteiger partial charge in [-0.3, -0.25) is 9.59 Å². The lowest BCUT2D eigenvalue weighted by molar-refractivity contribution is -0.146. The van der Waals surface area contributed by atoms with E-state index >= 15 is 0 Å². The topological polar surface area (TPSA) is 84.9 Å². The van der Waals surface area contributed by atoms with Crippen molar-refractivity contribution in [3.8, 4) is 0 Å². The molecule has 0 aromatic rings. The van der Waals surface area contributed by atoms with Gasteiger partial charge >= 0.3 is 12.1 Å². The Labute approximate surface area is 119 Å². The summed E-state index contributed by atoms with van der Waals surface area (Å²) in [4.78, 5) is 35.9. The summed E-state index contributed by atoms with van der Waals surface area (Å²) < 4.78 is 9.54. The standard InChI is InChI=1S/C13H24N2O5/c1-6-7-15(9-11(17)19-5)10(16)8-14-12(18)20-13(2,3)4/h6-9H2,1-5H3,(H,14,18). The van der Waals surface area contributed by atoms with Crippen LogP contribution in [0.1, 0.15) is 34.1 Å². The van der Waals surface area contributed by atoms with E-state index < -0.39 is 17.7 Å². The summed E-state index contributed by atoms with van der Waals surface area (Å²) in [7, 11) is 1.26. The number of nitrogens with zero attached hydrogens (tertiary/aromatic N) is 1. The zero-order chi connectivity index (χ0) is 15.8. The Morgan fingerprint density at radius 2 is 1.80 bits per heavy atom. The van der Waals surface area contributed by atoms with E-state index in [1.165, 1.54) is 12.0 Å². The van der Waals surface area contributed by atoms with Crippen molar-refractivity contribution in [3.05, 3.63) is 0 Å². The Morgan fingerprint density at radius 3 is 2.25 bits per heavy atom. The van der Waals surface area contributed by atoms with Gasteiger partial charge in [-0.2, -0.15) is 0 Å². The fourth-order valence-electron chi connectivity index (χ4n) is 1.36. The van der Waals surface area contributed by atoms with E-state index in [0.29, 0.717) is 13.0 Å². The Morgan fingerprint density at radius 1 is 1.20 bits per heavy atom. The van der Waals surface area contributed by atoms with E-state index in [1.807, 2.05) is 6.92 Å².